The Hall–Kier alpha value is -2.49. The average molecular weight is 326 g/mol. The predicted molar refractivity (Wildman–Crippen MR) is 99.9 cm³/mol. The van der Waals surface area contributed by atoms with Crippen LogP contribution < -0.4 is 15.4 Å². The van der Waals surface area contributed by atoms with Crippen LogP contribution in [0, 0.1) is 0 Å². The van der Waals surface area contributed by atoms with E-state index in [1.807, 2.05) is 55.5 Å². The van der Waals surface area contributed by atoms with Crippen molar-refractivity contribution in [3.05, 3.63) is 54.1 Å². The molecule has 0 aliphatic rings. The summed E-state index contributed by atoms with van der Waals surface area (Å²) in [6.07, 6.45) is 0. The zero-order chi connectivity index (χ0) is 17.6. The van der Waals surface area contributed by atoms with Crippen molar-refractivity contribution in [2.75, 3.05) is 23.8 Å². The van der Waals surface area contributed by atoms with Crippen LogP contribution in [-0.4, -0.2) is 19.1 Å². The van der Waals surface area contributed by atoms with Crippen molar-refractivity contribution in [3.8, 4) is 5.75 Å². The number of carbonyl (C=O) groups excluding carboxylic acids is 1. The first kappa shape index (κ1) is 17.9. The summed E-state index contributed by atoms with van der Waals surface area (Å²) in [5.41, 5.74) is 2.96. The molecule has 0 heterocycles. The van der Waals surface area contributed by atoms with Crippen molar-refractivity contribution in [2.45, 2.75) is 33.1 Å². The van der Waals surface area contributed by atoms with Crippen molar-refractivity contribution >= 4 is 17.3 Å². The number of ether oxygens (including phenoxy) is 1. The van der Waals surface area contributed by atoms with Gasteiger partial charge in [0.25, 0.3) is 0 Å². The summed E-state index contributed by atoms with van der Waals surface area (Å²) in [6.45, 7) is 9.21. The molecule has 24 heavy (non-hydrogen) atoms. The van der Waals surface area contributed by atoms with Gasteiger partial charge in [-0.25, -0.2) is 0 Å². The van der Waals surface area contributed by atoms with Gasteiger partial charge in [0.15, 0.2) is 0 Å². The van der Waals surface area contributed by atoms with E-state index in [0.29, 0.717) is 6.61 Å². The molecule has 0 bridgehead atoms. The van der Waals surface area contributed by atoms with E-state index in [1.165, 1.54) is 5.56 Å². The summed E-state index contributed by atoms with van der Waals surface area (Å²) < 4.78 is 5.54. The number of hydrogen-bond acceptors (Lipinski definition) is 3. The molecule has 0 aliphatic heterocycles. The Morgan fingerprint density at radius 3 is 2.33 bits per heavy atom. The molecule has 0 aliphatic carbocycles. The third kappa shape index (κ3) is 5.01. The van der Waals surface area contributed by atoms with E-state index in [1.54, 1.807) is 0 Å². The number of carbonyl (C=O) groups is 1. The quantitative estimate of drug-likeness (QED) is 0.825. The van der Waals surface area contributed by atoms with Crippen LogP contribution in [0.4, 0.5) is 11.4 Å². The third-order valence-electron chi connectivity index (χ3n) is 3.66. The third-order valence-corrected chi connectivity index (χ3v) is 3.66. The average Bonchev–Trinajstić information content (AvgIpc) is 2.54. The zero-order valence-electron chi connectivity index (χ0n) is 14.8. The molecular formula is C20H26N2O2. The van der Waals surface area contributed by atoms with E-state index in [4.69, 9.17) is 4.74 Å². The Kier molecular flexibility index (Phi) is 5.85. The number of anilines is 2. The smallest absolute Gasteiger partial charge is 0.243 e. The molecule has 0 atom stereocenters. The number of para-hydroxylation sites is 2. The van der Waals surface area contributed by atoms with Gasteiger partial charge in [-0.05, 0) is 42.2 Å². The molecule has 4 heteroatoms. The molecule has 0 spiro atoms. The molecule has 2 N–H and O–H groups in total. The van der Waals surface area contributed by atoms with E-state index in [9.17, 15) is 4.79 Å². The van der Waals surface area contributed by atoms with Gasteiger partial charge < -0.3 is 15.4 Å². The Morgan fingerprint density at radius 1 is 1.04 bits per heavy atom. The summed E-state index contributed by atoms with van der Waals surface area (Å²) in [5.74, 6) is 0.659. The molecule has 1 amide bonds. The molecule has 0 unspecified atom stereocenters. The van der Waals surface area contributed by atoms with Gasteiger partial charge in [-0.2, -0.15) is 0 Å². The van der Waals surface area contributed by atoms with Crippen molar-refractivity contribution in [1.82, 2.24) is 0 Å². The van der Waals surface area contributed by atoms with Crippen LogP contribution in [0.5, 0.6) is 5.75 Å². The SMILES string of the molecule is CCOc1ccccc1NCC(=O)Nc1ccc(C(C)(C)C)cc1. The van der Waals surface area contributed by atoms with Crippen LogP contribution in [0.2, 0.25) is 0 Å². The summed E-state index contributed by atoms with van der Waals surface area (Å²) in [5, 5.41) is 6.02. The Morgan fingerprint density at radius 2 is 1.71 bits per heavy atom. The van der Waals surface area contributed by atoms with Gasteiger partial charge in [0.05, 0.1) is 18.8 Å². The molecule has 2 aromatic carbocycles. The molecule has 128 valence electrons. The highest BCUT2D eigenvalue weighted by Crippen LogP contribution is 2.24. The van der Waals surface area contributed by atoms with Gasteiger partial charge in [-0.3, -0.25) is 4.79 Å². The van der Waals surface area contributed by atoms with Crippen molar-refractivity contribution in [1.29, 1.82) is 0 Å². The normalized spacial score (nSPS) is 11.0. The second kappa shape index (κ2) is 7.86. The molecule has 0 saturated heterocycles. The zero-order valence-corrected chi connectivity index (χ0v) is 14.8. The summed E-state index contributed by atoms with van der Waals surface area (Å²) in [7, 11) is 0. The second-order valence-corrected chi connectivity index (χ2v) is 6.66. The van der Waals surface area contributed by atoms with E-state index in [-0.39, 0.29) is 17.9 Å². The lowest BCUT2D eigenvalue weighted by Gasteiger charge is -2.19. The van der Waals surface area contributed by atoms with Gasteiger partial charge in [0.2, 0.25) is 5.91 Å². The first-order chi connectivity index (χ1) is 11.4. The first-order valence-electron chi connectivity index (χ1n) is 8.26. The van der Waals surface area contributed by atoms with Gasteiger partial charge in [-0.15, -0.1) is 0 Å². The highest BCUT2D eigenvalue weighted by atomic mass is 16.5. The van der Waals surface area contributed by atoms with Gasteiger partial charge in [0.1, 0.15) is 5.75 Å². The molecule has 0 fully saturated rings. The topological polar surface area (TPSA) is 50.4 Å². The number of nitrogens with one attached hydrogen (secondary N) is 2. The molecular weight excluding hydrogens is 300 g/mol. The van der Waals surface area contributed by atoms with Gasteiger partial charge >= 0.3 is 0 Å². The lowest BCUT2D eigenvalue weighted by molar-refractivity contribution is -0.114. The minimum Gasteiger partial charge on any atom is -0.492 e. The largest absolute Gasteiger partial charge is 0.492 e. The van der Waals surface area contributed by atoms with Crippen LogP contribution in [0.1, 0.15) is 33.3 Å². The maximum Gasteiger partial charge on any atom is 0.243 e. The lowest BCUT2D eigenvalue weighted by Crippen LogP contribution is -2.22. The predicted octanol–water partition coefficient (Wildman–Crippen LogP) is 4.43. The fourth-order valence-corrected chi connectivity index (χ4v) is 2.33. The number of rotatable bonds is 6. The maximum atomic E-state index is 12.1. The van der Waals surface area contributed by atoms with Crippen LogP contribution in [0.25, 0.3) is 0 Å². The second-order valence-electron chi connectivity index (χ2n) is 6.66. The molecule has 0 aromatic heterocycles. The standard InChI is InChI=1S/C20H26N2O2/c1-5-24-18-9-7-6-8-17(18)21-14-19(23)22-16-12-10-15(11-13-16)20(2,3)4/h6-13,21H,5,14H2,1-4H3,(H,22,23). The molecule has 2 aromatic rings. The summed E-state index contributed by atoms with van der Waals surface area (Å²) in [4.78, 5) is 12.1. The van der Waals surface area contributed by atoms with E-state index < -0.39 is 0 Å². The Balaban J connectivity index is 1.92. The minimum atomic E-state index is -0.0928. The fraction of sp³-hybridized carbons (Fsp3) is 0.350. The van der Waals surface area contributed by atoms with Crippen molar-refractivity contribution < 1.29 is 9.53 Å². The summed E-state index contributed by atoms with van der Waals surface area (Å²) >= 11 is 0. The van der Waals surface area contributed by atoms with E-state index >= 15 is 0 Å². The molecule has 2 rings (SSSR count). The first-order valence-corrected chi connectivity index (χ1v) is 8.26. The van der Waals surface area contributed by atoms with Crippen LogP contribution in [0.3, 0.4) is 0 Å². The monoisotopic (exact) mass is 326 g/mol. The van der Waals surface area contributed by atoms with Crippen LogP contribution in [0.15, 0.2) is 48.5 Å². The highest BCUT2D eigenvalue weighted by Gasteiger charge is 2.13. The maximum absolute atomic E-state index is 12.1. The van der Waals surface area contributed by atoms with Crippen molar-refractivity contribution in [2.24, 2.45) is 0 Å². The number of amides is 1. The molecule has 0 saturated carbocycles. The highest BCUT2D eigenvalue weighted by molar-refractivity contribution is 5.93. The Labute approximate surface area is 144 Å². The number of benzene rings is 2. The van der Waals surface area contributed by atoms with E-state index in [0.717, 1.165) is 17.1 Å². The fourth-order valence-electron chi connectivity index (χ4n) is 2.33. The van der Waals surface area contributed by atoms with Crippen molar-refractivity contribution in [3.63, 3.8) is 0 Å². The van der Waals surface area contributed by atoms with E-state index in [2.05, 4.69) is 31.4 Å². The van der Waals surface area contributed by atoms with Crippen LogP contribution in [-0.2, 0) is 10.2 Å². The lowest BCUT2D eigenvalue weighted by atomic mass is 9.87. The van der Waals surface area contributed by atoms with Crippen LogP contribution >= 0.6 is 0 Å². The molecule has 0 radical (unpaired) electrons. The minimum absolute atomic E-state index is 0.0928. The molecule has 4 nitrogen and oxygen atoms in total. The van der Waals surface area contributed by atoms with Gasteiger partial charge in [-0.1, -0.05) is 45.0 Å². The van der Waals surface area contributed by atoms with Gasteiger partial charge in [0, 0.05) is 5.69 Å². The number of hydrogen-bond donors (Lipinski definition) is 2. The Bertz CT molecular complexity index is 673. The summed E-state index contributed by atoms with van der Waals surface area (Å²) in [6, 6.07) is 15.6.